The van der Waals surface area contributed by atoms with Crippen molar-refractivity contribution in [3.63, 3.8) is 0 Å². The van der Waals surface area contributed by atoms with Crippen LogP contribution in [-0.4, -0.2) is 8.80 Å². The lowest BCUT2D eigenvalue weighted by Crippen LogP contribution is -2.13. The zero-order valence-corrected chi connectivity index (χ0v) is 6.58. The molecule has 0 heterocycles. The third kappa shape index (κ3) is 1.44. The molecular formula is C6H13FSi. The van der Waals surface area contributed by atoms with E-state index in [0.717, 1.165) is 5.54 Å². The highest BCUT2D eigenvalue weighted by Gasteiger charge is 2.13. The molecule has 0 fully saturated rings. The normalized spacial score (nSPS) is 24.6. The van der Waals surface area contributed by atoms with Crippen LogP contribution in [0.5, 0.6) is 0 Å². The number of rotatable bonds is 1. The average molecular weight is 132 g/mol. The van der Waals surface area contributed by atoms with Crippen molar-refractivity contribution < 1.29 is 4.70 Å². The van der Waals surface area contributed by atoms with Gasteiger partial charge in [-0.3, -0.25) is 4.70 Å². The van der Waals surface area contributed by atoms with Crippen molar-refractivity contribution >= 4 is 8.80 Å². The van der Waals surface area contributed by atoms with Gasteiger partial charge in [-0.05, 0) is 12.0 Å². The van der Waals surface area contributed by atoms with Crippen LogP contribution in [0.3, 0.4) is 0 Å². The van der Waals surface area contributed by atoms with E-state index in [-0.39, 0.29) is 13.5 Å². The molecule has 0 spiro atoms. The van der Waals surface area contributed by atoms with E-state index in [1.165, 1.54) is 6.42 Å². The molecule has 0 saturated heterocycles. The van der Waals surface area contributed by atoms with Crippen molar-refractivity contribution in [1.29, 1.82) is 0 Å². The lowest BCUT2D eigenvalue weighted by Gasteiger charge is -2.19. The van der Waals surface area contributed by atoms with Crippen LogP contribution in [0.25, 0.3) is 0 Å². The molecule has 0 aliphatic heterocycles. The van der Waals surface area contributed by atoms with Gasteiger partial charge in [-0.2, -0.15) is 0 Å². The first kappa shape index (κ1) is 7.89. The Morgan fingerprint density at radius 1 is 1.50 bits per heavy atom. The SMILES string of the molecule is C[SiH](C)C1C=CC1.F. The Morgan fingerprint density at radius 2 is 2.00 bits per heavy atom. The fourth-order valence-corrected chi connectivity index (χ4v) is 2.09. The van der Waals surface area contributed by atoms with Gasteiger partial charge in [0.25, 0.3) is 0 Å². The van der Waals surface area contributed by atoms with Crippen molar-refractivity contribution in [2.45, 2.75) is 25.1 Å². The van der Waals surface area contributed by atoms with Crippen LogP contribution in [0.2, 0.25) is 18.6 Å². The second kappa shape index (κ2) is 3.02. The summed E-state index contributed by atoms with van der Waals surface area (Å²) in [6.45, 7) is 4.82. The predicted octanol–water partition coefficient (Wildman–Crippen LogP) is 1.96. The van der Waals surface area contributed by atoms with E-state index in [0.29, 0.717) is 0 Å². The van der Waals surface area contributed by atoms with Crippen molar-refractivity contribution in [3.8, 4) is 0 Å². The largest absolute Gasteiger partial charge is 0.269 e. The molecule has 1 aliphatic carbocycles. The summed E-state index contributed by atoms with van der Waals surface area (Å²) >= 11 is 0. The van der Waals surface area contributed by atoms with E-state index in [9.17, 15) is 0 Å². The van der Waals surface area contributed by atoms with Gasteiger partial charge in [0, 0.05) is 8.80 Å². The van der Waals surface area contributed by atoms with Gasteiger partial charge in [-0.1, -0.05) is 25.2 Å². The first-order valence-corrected chi connectivity index (χ1v) is 5.95. The second-order valence-electron chi connectivity index (χ2n) is 2.57. The Bertz CT molecular complexity index is 88.5. The van der Waals surface area contributed by atoms with Gasteiger partial charge >= 0.3 is 0 Å². The van der Waals surface area contributed by atoms with Crippen LogP contribution in [-0.2, 0) is 0 Å². The van der Waals surface area contributed by atoms with Gasteiger partial charge in [0.2, 0.25) is 0 Å². The monoisotopic (exact) mass is 132 g/mol. The van der Waals surface area contributed by atoms with Crippen LogP contribution in [0.4, 0.5) is 4.70 Å². The van der Waals surface area contributed by atoms with E-state index in [1.54, 1.807) is 0 Å². The van der Waals surface area contributed by atoms with E-state index >= 15 is 0 Å². The maximum atomic E-state index is 2.41. The van der Waals surface area contributed by atoms with Crippen LogP contribution < -0.4 is 0 Å². The van der Waals surface area contributed by atoms with Gasteiger partial charge in [0.05, 0.1) is 0 Å². The lowest BCUT2D eigenvalue weighted by atomic mass is 10.1. The molecular weight excluding hydrogens is 119 g/mol. The summed E-state index contributed by atoms with van der Waals surface area (Å²) in [6, 6.07) is 0. The molecule has 0 saturated carbocycles. The fraction of sp³-hybridized carbons (Fsp3) is 0.667. The maximum Gasteiger partial charge on any atom is 0.0384 e. The summed E-state index contributed by atoms with van der Waals surface area (Å²) < 4.78 is 0. The van der Waals surface area contributed by atoms with Crippen molar-refractivity contribution in [3.05, 3.63) is 12.2 Å². The minimum Gasteiger partial charge on any atom is -0.269 e. The molecule has 0 aromatic carbocycles. The molecule has 1 aliphatic rings. The molecule has 0 amide bonds. The Balaban J connectivity index is 0.000000490. The summed E-state index contributed by atoms with van der Waals surface area (Å²) in [6.07, 6.45) is 6.01. The summed E-state index contributed by atoms with van der Waals surface area (Å²) in [4.78, 5) is 0. The zero-order chi connectivity index (χ0) is 5.28. The predicted molar refractivity (Wildman–Crippen MR) is 38.9 cm³/mol. The van der Waals surface area contributed by atoms with Gasteiger partial charge in [-0.15, -0.1) is 0 Å². The molecule has 0 N–H and O–H groups in total. The van der Waals surface area contributed by atoms with Gasteiger partial charge < -0.3 is 0 Å². The summed E-state index contributed by atoms with van der Waals surface area (Å²) in [5.41, 5.74) is 1.04. The summed E-state index contributed by atoms with van der Waals surface area (Å²) in [5, 5.41) is 0. The Labute approximate surface area is 51.6 Å². The van der Waals surface area contributed by atoms with Crippen LogP contribution in [0.15, 0.2) is 12.2 Å². The molecule has 1 unspecified atom stereocenters. The lowest BCUT2D eigenvalue weighted by molar-refractivity contribution is 0.930. The Hall–Kier alpha value is -0.113. The maximum absolute atomic E-state index is 2.41. The number of hydrogen-bond donors (Lipinski definition) is 0. The summed E-state index contributed by atoms with van der Waals surface area (Å²) in [5.74, 6) is 0. The van der Waals surface area contributed by atoms with E-state index < -0.39 is 0 Å². The standard InChI is InChI=1S/C6H12Si.FH/c1-7(2)6-4-3-5-6;/h3-4,6-7H,5H2,1-2H3;1H. The molecule has 1 rings (SSSR count). The van der Waals surface area contributed by atoms with Crippen molar-refractivity contribution in [2.24, 2.45) is 0 Å². The minimum absolute atomic E-state index is 0. The van der Waals surface area contributed by atoms with Crippen LogP contribution >= 0.6 is 0 Å². The van der Waals surface area contributed by atoms with E-state index in [2.05, 4.69) is 25.2 Å². The van der Waals surface area contributed by atoms with E-state index in [1.807, 2.05) is 0 Å². The highest BCUT2D eigenvalue weighted by atomic mass is 28.3. The van der Waals surface area contributed by atoms with E-state index in [4.69, 9.17) is 0 Å². The van der Waals surface area contributed by atoms with Gasteiger partial charge in [-0.25, -0.2) is 0 Å². The van der Waals surface area contributed by atoms with Crippen molar-refractivity contribution in [1.82, 2.24) is 0 Å². The Morgan fingerprint density at radius 3 is 2.00 bits per heavy atom. The molecule has 48 valence electrons. The zero-order valence-electron chi connectivity index (χ0n) is 5.42. The number of allylic oxidation sites excluding steroid dienone is 2. The summed E-state index contributed by atoms with van der Waals surface area (Å²) in [7, 11) is -0.265. The number of halogens is 1. The molecule has 0 nitrogen and oxygen atoms in total. The third-order valence-corrected chi connectivity index (χ3v) is 3.85. The van der Waals surface area contributed by atoms with Crippen LogP contribution in [0.1, 0.15) is 6.42 Å². The smallest absolute Gasteiger partial charge is 0.0384 e. The molecule has 8 heavy (non-hydrogen) atoms. The average Bonchev–Trinajstić information content (AvgIpc) is 1.23. The molecule has 1 atom stereocenters. The quantitative estimate of drug-likeness (QED) is 0.378. The topological polar surface area (TPSA) is 0 Å². The highest BCUT2D eigenvalue weighted by molar-refractivity contribution is 6.58. The molecule has 0 aromatic rings. The molecule has 0 radical (unpaired) electrons. The van der Waals surface area contributed by atoms with Gasteiger partial charge in [0.15, 0.2) is 0 Å². The number of hydrogen-bond acceptors (Lipinski definition) is 0. The second-order valence-corrected chi connectivity index (χ2v) is 5.92. The first-order valence-electron chi connectivity index (χ1n) is 2.97. The van der Waals surface area contributed by atoms with Crippen molar-refractivity contribution in [2.75, 3.05) is 0 Å². The highest BCUT2D eigenvalue weighted by Crippen LogP contribution is 2.25. The third-order valence-electron chi connectivity index (χ3n) is 1.65. The molecule has 0 bridgehead atoms. The molecule has 0 aromatic heterocycles. The molecule has 2 heteroatoms. The van der Waals surface area contributed by atoms with Gasteiger partial charge in [0.1, 0.15) is 0 Å². The van der Waals surface area contributed by atoms with Crippen LogP contribution in [0, 0.1) is 0 Å². The first-order chi connectivity index (χ1) is 3.30. The fourth-order valence-electron chi connectivity index (χ4n) is 0.788. The Kier molecular flexibility index (Phi) is 2.98. The minimum atomic E-state index is -0.265.